The van der Waals surface area contributed by atoms with Crippen LogP contribution >= 0.6 is 0 Å². The Morgan fingerprint density at radius 1 is 0.645 bits per heavy atom. The number of hydrogen-bond acceptors (Lipinski definition) is 14. The van der Waals surface area contributed by atoms with E-state index in [0.717, 1.165) is 22.5 Å². The topological polar surface area (TPSA) is 245 Å². The number of ether oxygens (including phenoxy) is 2. The Hall–Kier alpha value is -6.92. The highest BCUT2D eigenvalue weighted by Gasteiger charge is 2.42. The van der Waals surface area contributed by atoms with Crippen molar-refractivity contribution >= 4 is 68.1 Å². The van der Waals surface area contributed by atoms with E-state index >= 15 is 8.78 Å². The average Bonchev–Trinajstić information content (AvgIpc) is 3.19. The second kappa shape index (κ2) is 16.9. The highest BCUT2D eigenvalue weighted by molar-refractivity contribution is 6.00. The lowest BCUT2D eigenvalue weighted by Crippen LogP contribution is -2.47. The van der Waals surface area contributed by atoms with Crippen LogP contribution in [0.25, 0.3) is 43.8 Å². The zero-order valence-electron chi connectivity index (χ0n) is 35.0. The Labute approximate surface area is 355 Å². The molecule has 2 aliphatic rings. The number of aromatic nitrogens is 4. The van der Waals surface area contributed by atoms with Crippen LogP contribution in [0.5, 0.6) is 0 Å². The number of pyridine rings is 4. The van der Waals surface area contributed by atoms with Gasteiger partial charge in [-0.15, -0.1) is 0 Å². The van der Waals surface area contributed by atoms with Gasteiger partial charge in [0.25, 0.3) is 0 Å². The van der Waals surface area contributed by atoms with Gasteiger partial charge in [-0.3, -0.25) is 20.6 Å². The summed E-state index contributed by atoms with van der Waals surface area (Å²) in [5.74, 6) is -0.604. The molecule has 8 rings (SSSR count). The zero-order chi connectivity index (χ0) is 44.7. The van der Waals surface area contributed by atoms with Crippen LogP contribution in [0.1, 0.15) is 50.7 Å². The van der Waals surface area contributed by atoms with Crippen molar-refractivity contribution in [3.8, 4) is 22.3 Å². The Kier molecular flexibility index (Phi) is 11.7. The Morgan fingerprint density at radius 3 is 1.35 bits per heavy atom. The molecule has 4 aromatic heterocycles. The first kappa shape index (κ1) is 43.2. The van der Waals surface area contributed by atoms with Crippen LogP contribution in [0.15, 0.2) is 61.4 Å². The molecular weight excluding hydrogens is 803 g/mol. The van der Waals surface area contributed by atoms with Crippen LogP contribution in [0.2, 0.25) is 0 Å². The van der Waals surface area contributed by atoms with Gasteiger partial charge in [0.1, 0.15) is 23.8 Å². The molecule has 324 valence electrons. The summed E-state index contributed by atoms with van der Waals surface area (Å²) < 4.78 is 40.7. The number of nitrogens with two attached hydrogens (primary N) is 2. The van der Waals surface area contributed by atoms with Crippen molar-refractivity contribution in [1.29, 1.82) is 0 Å². The quantitative estimate of drug-likeness (QED) is 0.0686. The van der Waals surface area contributed by atoms with E-state index in [0.29, 0.717) is 69.5 Å². The molecule has 0 saturated heterocycles. The van der Waals surface area contributed by atoms with Gasteiger partial charge in [-0.1, -0.05) is 0 Å². The number of rotatable bonds is 8. The summed E-state index contributed by atoms with van der Waals surface area (Å²) in [5.41, 5.74) is 15.6. The number of carbonyl (C=O) groups excluding carboxylic acids is 2. The monoisotopic (exact) mass is 850 g/mol. The first-order valence-corrected chi connectivity index (χ1v) is 19.8. The van der Waals surface area contributed by atoms with Gasteiger partial charge in [0.15, 0.2) is 11.6 Å². The molecule has 0 atom stereocenters. The second-order valence-electron chi connectivity index (χ2n) is 16.2. The van der Waals surface area contributed by atoms with E-state index in [4.69, 9.17) is 20.9 Å². The number of anilines is 6. The van der Waals surface area contributed by atoms with Gasteiger partial charge in [-0.05, 0) is 73.9 Å². The Bertz CT molecular complexity index is 2530. The maximum atomic E-state index is 15.1. The predicted molar refractivity (Wildman–Crippen MR) is 235 cm³/mol. The minimum absolute atomic E-state index is 0.0277. The molecule has 10 N–H and O–H groups in total. The SMILES string of the molecule is CNc1cncc(-c2cc3cc(NC(=O)OC4CC(C)(O)C4)ncc3c(N)c2F)c1C.CNc1cncc(-c2cc3cc(NC(=O)OC4CC(C)(O)C4)ncc3c(N)c2F)c1C. The Morgan fingerprint density at radius 2 is 1.02 bits per heavy atom. The van der Waals surface area contributed by atoms with Crippen molar-refractivity contribution < 1.29 is 38.1 Å². The number of nitrogen functional groups attached to an aromatic ring is 2. The number of nitrogens with one attached hydrogen (secondary N) is 4. The van der Waals surface area contributed by atoms with Gasteiger partial charge >= 0.3 is 12.2 Å². The summed E-state index contributed by atoms with van der Waals surface area (Å²) in [6.45, 7) is 7.13. The second-order valence-corrected chi connectivity index (χ2v) is 16.2. The normalized spacial score (nSPS) is 20.2. The summed E-state index contributed by atoms with van der Waals surface area (Å²) in [7, 11) is 3.54. The van der Waals surface area contributed by atoms with Crippen LogP contribution in [-0.2, 0) is 9.47 Å². The molecule has 0 radical (unpaired) electrons. The molecule has 2 amide bonds. The van der Waals surface area contributed by atoms with E-state index < -0.39 is 35.0 Å². The maximum Gasteiger partial charge on any atom is 0.413 e. The molecule has 18 heteroatoms. The molecule has 0 bridgehead atoms. The van der Waals surface area contributed by atoms with Crippen molar-refractivity contribution in [1.82, 2.24) is 19.9 Å². The van der Waals surface area contributed by atoms with Gasteiger partial charge in [-0.25, -0.2) is 28.3 Å². The largest absolute Gasteiger partial charge is 0.446 e. The number of halogens is 2. The molecule has 2 aliphatic carbocycles. The van der Waals surface area contributed by atoms with E-state index in [-0.39, 0.29) is 35.2 Å². The van der Waals surface area contributed by atoms with Gasteiger partial charge in [0.2, 0.25) is 0 Å². The third-order valence-electron chi connectivity index (χ3n) is 11.2. The zero-order valence-corrected chi connectivity index (χ0v) is 35.0. The maximum absolute atomic E-state index is 15.1. The van der Waals surface area contributed by atoms with Crippen LogP contribution < -0.4 is 32.7 Å². The summed E-state index contributed by atoms with van der Waals surface area (Å²) in [4.78, 5) is 40.9. The van der Waals surface area contributed by atoms with Gasteiger partial charge < -0.3 is 41.8 Å². The molecule has 0 spiro atoms. The number of nitrogens with zero attached hydrogens (tertiary/aromatic N) is 4. The predicted octanol–water partition coefficient (Wildman–Crippen LogP) is 7.66. The van der Waals surface area contributed by atoms with E-state index in [2.05, 4.69) is 41.2 Å². The molecule has 62 heavy (non-hydrogen) atoms. The van der Waals surface area contributed by atoms with Crippen molar-refractivity contribution in [2.75, 3.05) is 46.8 Å². The van der Waals surface area contributed by atoms with Gasteiger partial charge in [0, 0.05) is 97.6 Å². The number of hydrogen-bond donors (Lipinski definition) is 8. The minimum atomic E-state index is -0.790. The molecule has 2 aromatic carbocycles. The number of fused-ring (bicyclic) bond motifs is 2. The fourth-order valence-corrected chi connectivity index (χ4v) is 7.80. The fourth-order valence-electron chi connectivity index (χ4n) is 7.80. The third-order valence-corrected chi connectivity index (χ3v) is 11.2. The summed E-state index contributed by atoms with van der Waals surface area (Å²) >= 11 is 0. The first-order valence-electron chi connectivity index (χ1n) is 19.8. The molecule has 6 aromatic rings. The number of benzene rings is 2. The van der Waals surface area contributed by atoms with Crippen molar-refractivity contribution in [3.05, 3.63) is 84.2 Å². The van der Waals surface area contributed by atoms with Crippen LogP contribution in [0.3, 0.4) is 0 Å². The summed E-state index contributed by atoms with van der Waals surface area (Å²) in [5, 5.41) is 32.8. The van der Waals surface area contributed by atoms with Crippen molar-refractivity contribution in [3.63, 3.8) is 0 Å². The van der Waals surface area contributed by atoms with E-state index in [9.17, 15) is 19.8 Å². The fraction of sp³-hybridized carbons (Fsp3) is 0.318. The molecule has 2 saturated carbocycles. The number of amides is 2. The lowest BCUT2D eigenvalue weighted by molar-refractivity contribution is -0.101. The van der Waals surface area contributed by atoms with Crippen molar-refractivity contribution in [2.24, 2.45) is 0 Å². The number of carbonyl (C=O) groups is 2. The Balaban J connectivity index is 0.000000186. The first-order chi connectivity index (χ1) is 29.4. The van der Waals surface area contributed by atoms with E-state index in [1.54, 1.807) is 77.0 Å². The minimum Gasteiger partial charge on any atom is -0.446 e. The summed E-state index contributed by atoms with van der Waals surface area (Å²) in [6, 6.07) is 6.53. The number of aliphatic hydroxyl groups is 2. The van der Waals surface area contributed by atoms with E-state index in [1.807, 2.05) is 13.8 Å². The molecule has 4 heterocycles. The smallest absolute Gasteiger partial charge is 0.413 e. The van der Waals surface area contributed by atoms with Gasteiger partial charge in [0.05, 0.1) is 46.3 Å². The van der Waals surface area contributed by atoms with Gasteiger partial charge in [-0.2, -0.15) is 0 Å². The van der Waals surface area contributed by atoms with Crippen LogP contribution in [0.4, 0.5) is 52.8 Å². The molecule has 2 fully saturated rings. The van der Waals surface area contributed by atoms with Crippen molar-refractivity contribution in [2.45, 2.75) is 76.8 Å². The lowest BCUT2D eigenvalue weighted by atomic mass is 9.79. The van der Waals surface area contributed by atoms with Crippen LogP contribution in [0, 0.1) is 25.5 Å². The van der Waals surface area contributed by atoms with E-state index in [1.165, 1.54) is 12.4 Å². The molecule has 0 unspecified atom stereocenters. The third kappa shape index (κ3) is 8.91. The average molecular weight is 851 g/mol. The highest BCUT2D eigenvalue weighted by Crippen LogP contribution is 2.39. The van der Waals surface area contributed by atoms with Crippen LogP contribution in [-0.4, -0.2) is 79.8 Å². The standard InChI is InChI=1S/2C22H24FN5O3/c2*1-11-15(8-26-10-17(11)25-3)14-4-12-5-18(27-9-16(12)20(24)19(14)23)28-21(29)31-13-6-22(2,30)7-13/h2*4-5,8-10,13,25,30H,6-7,24H2,1-3H3,(H,27,28,29). The molecule has 16 nitrogen and oxygen atoms in total. The lowest BCUT2D eigenvalue weighted by Gasteiger charge is -2.39. The summed E-state index contributed by atoms with van der Waals surface area (Å²) in [6.07, 6.45) is 8.92. The highest BCUT2D eigenvalue weighted by atomic mass is 19.1. The molecule has 0 aliphatic heterocycles. The molecular formula is C44H48F2N10O6.